The van der Waals surface area contributed by atoms with Gasteiger partial charge in [0.1, 0.15) is 16.3 Å². The smallest absolute Gasteiger partial charge is 0.265 e. The van der Waals surface area contributed by atoms with Crippen LogP contribution in [-0.2, 0) is 10.0 Å². The van der Waals surface area contributed by atoms with Gasteiger partial charge in [0, 0.05) is 19.1 Å². The van der Waals surface area contributed by atoms with Crippen LogP contribution in [0.1, 0.15) is 10.4 Å². The van der Waals surface area contributed by atoms with E-state index in [0.717, 1.165) is 0 Å². The minimum Gasteiger partial charge on any atom is -0.494 e. The molecule has 0 atom stereocenters. The van der Waals surface area contributed by atoms with Crippen LogP contribution in [-0.4, -0.2) is 50.2 Å². The molecule has 10 heteroatoms. The second-order valence-electron chi connectivity index (χ2n) is 6.29. The average molecular weight is 435 g/mol. The molecule has 1 N–H and O–H groups in total. The number of methoxy groups -OCH3 is 1. The van der Waals surface area contributed by atoms with Gasteiger partial charge in [-0.05, 0) is 30.3 Å². The fraction of sp³-hybridized carbons (Fsp3) is 0.158. The number of halogens is 1. The van der Waals surface area contributed by atoms with Crippen molar-refractivity contribution in [2.24, 2.45) is 0 Å². The van der Waals surface area contributed by atoms with E-state index in [9.17, 15) is 13.2 Å². The van der Waals surface area contributed by atoms with E-state index in [-0.39, 0.29) is 22.1 Å². The Balaban J connectivity index is 1.96. The molecule has 2 aromatic carbocycles. The molecule has 0 spiro atoms. The lowest BCUT2D eigenvalue weighted by atomic mass is 10.1. The van der Waals surface area contributed by atoms with Crippen LogP contribution in [0.2, 0.25) is 5.02 Å². The number of para-hydroxylation sites is 1. The third-order valence-corrected chi connectivity index (χ3v) is 5.62. The van der Waals surface area contributed by atoms with Gasteiger partial charge in [0.25, 0.3) is 15.9 Å². The van der Waals surface area contributed by atoms with Crippen molar-refractivity contribution in [3.05, 3.63) is 65.4 Å². The summed E-state index contributed by atoms with van der Waals surface area (Å²) in [6.07, 6.45) is 2.55. The van der Waals surface area contributed by atoms with E-state index in [0.29, 0.717) is 16.5 Å². The van der Waals surface area contributed by atoms with E-state index in [1.807, 2.05) is 0 Å². The molecule has 3 rings (SSSR count). The number of hydrogen-bond acceptors (Lipinski definition) is 5. The zero-order chi connectivity index (χ0) is 21.2. The molecule has 0 unspecified atom stereocenters. The van der Waals surface area contributed by atoms with Gasteiger partial charge in [-0.1, -0.05) is 23.7 Å². The number of ether oxygens (including phenoxy) is 1. The Morgan fingerprint density at radius 3 is 2.62 bits per heavy atom. The maximum atomic E-state index is 12.9. The Morgan fingerprint density at radius 2 is 1.93 bits per heavy atom. The Morgan fingerprint density at radius 1 is 1.21 bits per heavy atom. The normalized spacial score (nSPS) is 11.2. The number of amides is 1. The summed E-state index contributed by atoms with van der Waals surface area (Å²) in [7, 11) is 0.691. The van der Waals surface area contributed by atoms with Gasteiger partial charge in [0.05, 0.1) is 30.8 Å². The quantitative estimate of drug-likeness (QED) is 0.643. The number of anilines is 1. The minimum atomic E-state index is -3.99. The molecule has 3 aromatic rings. The van der Waals surface area contributed by atoms with Gasteiger partial charge in [0.2, 0.25) is 0 Å². The van der Waals surface area contributed by atoms with E-state index in [4.69, 9.17) is 16.3 Å². The molecule has 8 nitrogen and oxygen atoms in total. The van der Waals surface area contributed by atoms with Gasteiger partial charge in [-0.25, -0.2) is 13.1 Å². The van der Waals surface area contributed by atoms with Gasteiger partial charge in [-0.15, -0.1) is 0 Å². The van der Waals surface area contributed by atoms with Crippen LogP contribution in [0.25, 0.3) is 5.69 Å². The van der Waals surface area contributed by atoms with Crippen molar-refractivity contribution >= 4 is 33.2 Å². The van der Waals surface area contributed by atoms with Crippen molar-refractivity contribution in [1.29, 1.82) is 0 Å². The van der Waals surface area contributed by atoms with Crippen LogP contribution in [0.5, 0.6) is 5.75 Å². The highest BCUT2D eigenvalue weighted by molar-refractivity contribution is 7.92. The minimum absolute atomic E-state index is 0.0772. The number of aromatic nitrogens is 2. The summed E-state index contributed by atoms with van der Waals surface area (Å²) in [5, 5.41) is 4.57. The highest BCUT2D eigenvalue weighted by atomic mass is 35.5. The molecule has 0 bridgehead atoms. The number of benzene rings is 2. The molecule has 1 amide bonds. The third kappa shape index (κ3) is 4.36. The van der Waals surface area contributed by atoms with Crippen molar-refractivity contribution in [1.82, 2.24) is 14.7 Å². The van der Waals surface area contributed by atoms with E-state index < -0.39 is 10.0 Å². The molecule has 1 heterocycles. The van der Waals surface area contributed by atoms with Crippen molar-refractivity contribution in [2.45, 2.75) is 4.90 Å². The van der Waals surface area contributed by atoms with Crippen LogP contribution in [0, 0.1) is 0 Å². The maximum absolute atomic E-state index is 12.9. The summed E-state index contributed by atoms with van der Waals surface area (Å²) in [6.45, 7) is 0. The SMILES string of the molecule is COc1ccc(Cl)cc1-n1cc(S(=O)(=O)Nc2ccccc2C(=O)N(C)C)cn1. The number of carbonyl (C=O) groups excluding carboxylic acids is 1. The Bertz CT molecular complexity index is 1160. The molecule has 29 heavy (non-hydrogen) atoms. The fourth-order valence-electron chi connectivity index (χ4n) is 2.62. The van der Waals surface area contributed by atoms with Gasteiger partial charge in [-0.2, -0.15) is 5.10 Å². The first-order valence-corrected chi connectivity index (χ1v) is 10.3. The number of nitrogens with one attached hydrogen (secondary N) is 1. The van der Waals surface area contributed by atoms with Crippen molar-refractivity contribution < 1.29 is 17.9 Å². The summed E-state index contributed by atoms with van der Waals surface area (Å²) in [5.41, 5.74) is 0.911. The molecular weight excluding hydrogens is 416 g/mol. The number of sulfonamides is 1. The topological polar surface area (TPSA) is 93.5 Å². The molecule has 0 saturated heterocycles. The highest BCUT2D eigenvalue weighted by Gasteiger charge is 2.21. The summed E-state index contributed by atoms with van der Waals surface area (Å²) in [5.74, 6) is 0.166. The largest absolute Gasteiger partial charge is 0.494 e. The molecule has 0 aliphatic heterocycles. The molecule has 0 radical (unpaired) electrons. The monoisotopic (exact) mass is 434 g/mol. The van der Waals surface area contributed by atoms with Crippen molar-refractivity contribution in [2.75, 3.05) is 25.9 Å². The summed E-state index contributed by atoms with van der Waals surface area (Å²) >= 11 is 6.04. The summed E-state index contributed by atoms with van der Waals surface area (Å²) in [6, 6.07) is 11.3. The van der Waals surface area contributed by atoms with Gasteiger partial charge >= 0.3 is 0 Å². The predicted molar refractivity (Wildman–Crippen MR) is 110 cm³/mol. The van der Waals surface area contributed by atoms with Gasteiger partial charge < -0.3 is 9.64 Å². The second kappa shape index (κ2) is 8.14. The van der Waals surface area contributed by atoms with E-state index in [1.54, 1.807) is 50.5 Å². The second-order valence-corrected chi connectivity index (χ2v) is 8.41. The summed E-state index contributed by atoms with van der Waals surface area (Å²) in [4.78, 5) is 13.6. The standard InChI is InChI=1S/C19H19ClN4O4S/c1-23(2)19(25)15-6-4-5-7-16(15)22-29(26,27)14-11-21-24(12-14)17-10-13(20)8-9-18(17)28-3/h4-12,22H,1-3H3. The van der Waals surface area contributed by atoms with Gasteiger partial charge in [0.15, 0.2) is 0 Å². The fourth-order valence-corrected chi connectivity index (χ4v) is 3.80. The van der Waals surface area contributed by atoms with E-state index in [2.05, 4.69) is 9.82 Å². The first-order valence-electron chi connectivity index (χ1n) is 8.45. The van der Waals surface area contributed by atoms with E-state index in [1.165, 1.54) is 35.2 Å². The first-order chi connectivity index (χ1) is 13.7. The lowest BCUT2D eigenvalue weighted by Gasteiger charge is -2.15. The first kappa shape index (κ1) is 20.7. The van der Waals surface area contributed by atoms with Gasteiger partial charge in [-0.3, -0.25) is 9.52 Å². The predicted octanol–water partition coefficient (Wildman–Crippen LogP) is 3.04. The van der Waals surface area contributed by atoms with Crippen LogP contribution in [0.4, 0.5) is 5.69 Å². The van der Waals surface area contributed by atoms with Crippen LogP contribution in [0.3, 0.4) is 0 Å². The zero-order valence-corrected chi connectivity index (χ0v) is 17.5. The molecule has 0 aliphatic carbocycles. The Labute approximate surface area is 173 Å². The van der Waals surface area contributed by atoms with Crippen LogP contribution in [0.15, 0.2) is 59.8 Å². The van der Waals surface area contributed by atoms with Crippen molar-refractivity contribution in [3.8, 4) is 11.4 Å². The Hall–Kier alpha value is -3.04. The Kier molecular flexibility index (Phi) is 5.81. The number of rotatable bonds is 6. The highest BCUT2D eigenvalue weighted by Crippen LogP contribution is 2.27. The number of nitrogens with zero attached hydrogens (tertiary/aromatic N) is 3. The van der Waals surface area contributed by atoms with Crippen LogP contribution < -0.4 is 9.46 Å². The van der Waals surface area contributed by atoms with Crippen molar-refractivity contribution in [3.63, 3.8) is 0 Å². The molecule has 0 fully saturated rings. The third-order valence-electron chi connectivity index (χ3n) is 4.06. The lowest BCUT2D eigenvalue weighted by Crippen LogP contribution is -2.24. The zero-order valence-electron chi connectivity index (χ0n) is 16.0. The van der Waals surface area contributed by atoms with E-state index >= 15 is 0 Å². The molecule has 1 aromatic heterocycles. The molecule has 0 aliphatic rings. The molecular formula is C19H19ClN4O4S. The average Bonchev–Trinajstić information content (AvgIpc) is 3.18. The number of hydrogen-bond donors (Lipinski definition) is 1. The molecule has 152 valence electrons. The summed E-state index contributed by atoms with van der Waals surface area (Å²) < 4.78 is 34.8. The molecule has 0 saturated carbocycles. The number of carbonyl (C=O) groups is 1. The lowest BCUT2D eigenvalue weighted by molar-refractivity contribution is 0.0828. The van der Waals surface area contributed by atoms with Crippen LogP contribution >= 0.6 is 11.6 Å². The maximum Gasteiger partial charge on any atom is 0.265 e.